The highest BCUT2D eigenvalue weighted by Gasteiger charge is 2.11. The molecule has 0 bridgehead atoms. The number of nitrogens with one attached hydrogen (secondary N) is 1. The van der Waals surface area contributed by atoms with Gasteiger partial charge >= 0.3 is 0 Å². The lowest BCUT2D eigenvalue weighted by Gasteiger charge is -2.06. The monoisotopic (exact) mass is 260 g/mol. The first-order valence-corrected chi connectivity index (χ1v) is 6.29. The Hall–Kier alpha value is -1.87. The second kappa shape index (κ2) is 4.97. The molecule has 8 nitrogen and oxygen atoms in total. The average molecular weight is 260 g/mol. The fraction of sp³-hybridized carbons (Fsp3) is 0.250. The Labute approximate surface area is 97.8 Å². The van der Waals surface area contributed by atoms with Crippen LogP contribution in [0, 0.1) is 10.1 Å². The number of nitrogens with zero attached hydrogens (tertiary/aromatic N) is 1. The van der Waals surface area contributed by atoms with E-state index in [0.717, 1.165) is 0 Å². The van der Waals surface area contributed by atoms with Crippen molar-refractivity contribution < 1.29 is 13.3 Å². The first-order chi connectivity index (χ1) is 7.79. The Morgan fingerprint density at radius 2 is 2.06 bits per heavy atom. The minimum atomic E-state index is -3.53. The van der Waals surface area contributed by atoms with Crippen molar-refractivity contribution in [1.29, 1.82) is 0 Å². The van der Waals surface area contributed by atoms with Crippen LogP contribution in [-0.2, 0) is 10.0 Å². The van der Waals surface area contributed by atoms with Gasteiger partial charge in [0.15, 0.2) is 0 Å². The molecule has 0 heterocycles. The van der Waals surface area contributed by atoms with E-state index in [0.29, 0.717) is 5.69 Å². The Balaban J connectivity index is 2.68. The predicted octanol–water partition coefficient (Wildman–Crippen LogP) is -0.123. The number of anilines is 2. The molecule has 0 unspecified atom stereocenters. The van der Waals surface area contributed by atoms with Gasteiger partial charge in [0.25, 0.3) is 5.69 Å². The van der Waals surface area contributed by atoms with E-state index >= 15 is 0 Å². The van der Waals surface area contributed by atoms with Crippen molar-refractivity contribution in [3.63, 3.8) is 0 Å². The van der Waals surface area contributed by atoms with Crippen LogP contribution in [-0.4, -0.2) is 25.6 Å². The van der Waals surface area contributed by atoms with E-state index in [1.807, 2.05) is 0 Å². The molecule has 0 radical (unpaired) electrons. The summed E-state index contributed by atoms with van der Waals surface area (Å²) in [6.07, 6.45) is 0. The van der Waals surface area contributed by atoms with E-state index in [9.17, 15) is 18.5 Å². The molecule has 0 saturated carbocycles. The van der Waals surface area contributed by atoms with E-state index in [1.54, 1.807) is 0 Å². The van der Waals surface area contributed by atoms with Gasteiger partial charge in [-0.2, -0.15) is 0 Å². The molecule has 0 saturated heterocycles. The maximum atomic E-state index is 10.7. The highest BCUT2D eigenvalue weighted by atomic mass is 32.2. The van der Waals surface area contributed by atoms with E-state index in [1.165, 1.54) is 18.2 Å². The standard InChI is InChI=1S/C8H12N4O4S/c9-7-5-6(1-2-8(7)12(13)14)11-3-4-17(10,15)16/h1-2,5,11H,3-4,9H2,(H2,10,15,16). The van der Waals surface area contributed by atoms with Crippen LogP contribution < -0.4 is 16.2 Å². The number of nitro benzene ring substituents is 1. The zero-order valence-corrected chi connectivity index (χ0v) is 9.61. The molecule has 9 heteroatoms. The van der Waals surface area contributed by atoms with Crippen molar-refractivity contribution >= 4 is 27.1 Å². The van der Waals surface area contributed by atoms with Gasteiger partial charge in [0.1, 0.15) is 5.69 Å². The third kappa shape index (κ3) is 4.25. The van der Waals surface area contributed by atoms with E-state index in [-0.39, 0.29) is 23.7 Å². The third-order valence-electron chi connectivity index (χ3n) is 1.94. The molecule has 94 valence electrons. The minimum absolute atomic E-state index is 0.00982. The van der Waals surface area contributed by atoms with Gasteiger partial charge in [0, 0.05) is 18.3 Å². The molecule has 0 aliphatic heterocycles. The molecule has 1 rings (SSSR count). The van der Waals surface area contributed by atoms with Crippen molar-refractivity contribution in [2.45, 2.75) is 0 Å². The molecule has 1 aromatic carbocycles. The normalized spacial score (nSPS) is 11.1. The Bertz CT molecular complexity index is 528. The molecule has 0 aliphatic carbocycles. The van der Waals surface area contributed by atoms with E-state index < -0.39 is 14.9 Å². The summed E-state index contributed by atoms with van der Waals surface area (Å²) in [7, 11) is -3.53. The summed E-state index contributed by atoms with van der Waals surface area (Å²) >= 11 is 0. The second-order valence-electron chi connectivity index (χ2n) is 3.32. The summed E-state index contributed by atoms with van der Waals surface area (Å²) < 4.78 is 21.3. The van der Waals surface area contributed by atoms with E-state index in [4.69, 9.17) is 10.9 Å². The van der Waals surface area contributed by atoms with Crippen LogP contribution in [0.25, 0.3) is 0 Å². The summed E-state index contributed by atoms with van der Waals surface area (Å²) in [4.78, 5) is 9.89. The lowest BCUT2D eigenvalue weighted by atomic mass is 10.2. The van der Waals surface area contributed by atoms with Gasteiger partial charge in [-0.15, -0.1) is 0 Å². The van der Waals surface area contributed by atoms with Gasteiger partial charge in [-0.25, -0.2) is 13.6 Å². The van der Waals surface area contributed by atoms with Gasteiger partial charge in [0.2, 0.25) is 10.0 Å². The van der Waals surface area contributed by atoms with Crippen LogP contribution in [0.2, 0.25) is 0 Å². The van der Waals surface area contributed by atoms with Gasteiger partial charge in [-0.05, 0) is 12.1 Å². The molecule has 5 N–H and O–H groups in total. The maximum absolute atomic E-state index is 10.7. The quantitative estimate of drug-likeness (QED) is 0.382. The number of nitrogen functional groups attached to an aromatic ring is 1. The summed E-state index contributed by atoms with van der Waals surface area (Å²) in [5.41, 5.74) is 5.77. The van der Waals surface area contributed by atoms with Crippen LogP contribution in [0.5, 0.6) is 0 Å². The summed E-state index contributed by atoms with van der Waals surface area (Å²) in [5, 5.41) is 18.0. The number of primary sulfonamides is 1. The molecule has 0 amide bonds. The summed E-state index contributed by atoms with van der Waals surface area (Å²) in [5.74, 6) is -0.232. The highest BCUT2D eigenvalue weighted by Crippen LogP contribution is 2.24. The third-order valence-corrected chi connectivity index (χ3v) is 2.71. The molecule has 1 aromatic rings. The number of sulfonamides is 1. The zero-order chi connectivity index (χ0) is 13.1. The summed E-state index contributed by atoms with van der Waals surface area (Å²) in [6, 6.07) is 4.05. The van der Waals surface area contributed by atoms with Crippen molar-refractivity contribution in [2.24, 2.45) is 5.14 Å². The predicted molar refractivity (Wildman–Crippen MR) is 64.0 cm³/mol. The largest absolute Gasteiger partial charge is 0.393 e. The topological polar surface area (TPSA) is 141 Å². The van der Waals surface area contributed by atoms with Gasteiger partial charge in [-0.1, -0.05) is 0 Å². The molecule has 0 atom stereocenters. The molecule has 0 fully saturated rings. The fourth-order valence-corrected chi connectivity index (χ4v) is 1.55. The first-order valence-electron chi connectivity index (χ1n) is 4.58. The lowest BCUT2D eigenvalue weighted by Crippen LogP contribution is -2.22. The smallest absolute Gasteiger partial charge is 0.292 e. The molecule has 17 heavy (non-hydrogen) atoms. The van der Waals surface area contributed by atoms with Crippen LogP contribution in [0.3, 0.4) is 0 Å². The first kappa shape index (κ1) is 13.2. The van der Waals surface area contributed by atoms with E-state index in [2.05, 4.69) is 5.32 Å². The Morgan fingerprint density at radius 1 is 1.41 bits per heavy atom. The fourth-order valence-electron chi connectivity index (χ4n) is 1.17. The van der Waals surface area contributed by atoms with Crippen molar-refractivity contribution in [2.75, 3.05) is 23.3 Å². The lowest BCUT2D eigenvalue weighted by molar-refractivity contribution is -0.383. The van der Waals surface area contributed by atoms with Crippen molar-refractivity contribution in [3.8, 4) is 0 Å². The number of nitro groups is 1. The highest BCUT2D eigenvalue weighted by molar-refractivity contribution is 7.89. The minimum Gasteiger partial charge on any atom is -0.393 e. The molecular weight excluding hydrogens is 248 g/mol. The number of nitrogens with two attached hydrogens (primary N) is 2. The Kier molecular flexibility index (Phi) is 3.86. The molecule has 0 aliphatic rings. The number of hydrogen-bond donors (Lipinski definition) is 3. The molecular formula is C8H12N4O4S. The molecule has 0 spiro atoms. The average Bonchev–Trinajstić information content (AvgIpc) is 2.15. The SMILES string of the molecule is Nc1cc(NCCS(N)(=O)=O)ccc1[N+](=O)[O-]. The van der Waals surface area contributed by atoms with Crippen LogP contribution in [0.15, 0.2) is 18.2 Å². The van der Waals surface area contributed by atoms with Crippen LogP contribution in [0.4, 0.5) is 17.1 Å². The van der Waals surface area contributed by atoms with Crippen LogP contribution in [0.1, 0.15) is 0 Å². The van der Waals surface area contributed by atoms with Gasteiger partial charge in [-0.3, -0.25) is 10.1 Å². The number of hydrogen-bond acceptors (Lipinski definition) is 6. The molecule has 0 aromatic heterocycles. The van der Waals surface area contributed by atoms with Crippen molar-refractivity contribution in [1.82, 2.24) is 0 Å². The van der Waals surface area contributed by atoms with Crippen LogP contribution >= 0.6 is 0 Å². The Morgan fingerprint density at radius 3 is 2.53 bits per heavy atom. The van der Waals surface area contributed by atoms with Gasteiger partial charge in [0.05, 0.1) is 10.7 Å². The number of benzene rings is 1. The maximum Gasteiger partial charge on any atom is 0.292 e. The second-order valence-corrected chi connectivity index (χ2v) is 5.06. The summed E-state index contributed by atoms with van der Waals surface area (Å²) in [6.45, 7) is 0.107. The van der Waals surface area contributed by atoms with Crippen molar-refractivity contribution in [3.05, 3.63) is 28.3 Å². The zero-order valence-electron chi connectivity index (χ0n) is 8.79. The van der Waals surface area contributed by atoms with Gasteiger partial charge < -0.3 is 11.1 Å². The number of rotatable bonds is 5.